The number of nitrogens with two attached hydrogens (primary N) is 1. The fourth-order valence-electron chi connectivity index (χ4n) is 2.68. The van der Waals surface area contributed by atoms with Crippen molar-refractivity contribution in [2.45, 2.75) is 32.4 Å². The Kier molecular flexibility index (Phi) is 4.02. The van der Waals surface area contributed by atoms with Crippen LogP contribution < -0.4 is 5.73 Å². The van der Waals surface area contributed by atoms with Crippen LogP contribution in [-0.2, 0) is 13.0 Å². The van der Waals surface area contributed by atoms with Gasteiger partial charge >= 0.3 is 0 Å². The maximum absolute atomic E-state index is 6.09. The Morgan fingerprint density at radius 3 is 2.86 bits per heavy atom. The van der Waals surface area contributed by atoms with Crippen molar-refractivity contribution in [2.75, 3.05) is 0 Å². The van der Waals surface area contributed by atoms with E-state index in [0.29, 0.717) is 0 Å². The van der Waals surface area contributed by atoms with Crippen molar-refractivity contribution in [1.82, 2.24) is 9.55 Å². The van der Waals surface area contributed by atoms with Crippen LogP contribution in [0.4, 0.5) is 0 Å². The van der Waals surface area contributed by atoms with Gasteiger partial charge in [0.25, 0.3) is 0 Å². The number of hydrogen-bond donors (Lipinski definition) is 1. The van der Waals surface area contributed by atoms with Gasteiger partial charge in [0, 0.05) is 42.5 Å². The summed E-state index contributed by atoms with van der Waals surface area (Å²) in [5, 5.41) is 1.22. The zero-order valence-electron chi connectivity index (χ0n) is 12.4. The molecule has 0 saturated carbocycles. The zero-order valence-corrected chi connectivity index (χ0v) is 12.4. The van der Waals surface area contributed by atoms with Crippen molar-refractivity contribution >= 4 is 10.9 Å². The highest BCUT2D eigenvalue weighted by molar-refractivity contribution is 5.81. The first kappa shape index (κ1) is 13.8. The number of para-hydroxylation sites is 1. The average Bonchev–Trinajstić information content (AvgIpc) is 2.94. The van der Waals surface area contributed by atoms with E-state index in [1.165, 1.54) is 16.6 Å². The van der Waals surface area contributed by atoms with Crippen LogP contribution in [0.2, 0.25) is 0 Å². The lowest BCUT2D eigenvalue weighted by Crippen LogP contribution is -2.23. The highest BCUT2D eigenvalue weighted by Gasteiger charge is 2.08. The van der Waals surface area contributed by atoms with Crippen LogP contribution in [0.25, 0.3) is 10.9 Å². The van der Waals surface area contributed by atoms with Crippen molar-refractivity contribution in [3.8, 4) is 0 Å². The lowest BCUT2D eigenvalue weighted by atomic mass is 10.1. The molecular weight excluding hydrogens is 258 g/mol. The van der Waals surface area contributed by atoms with Gasteiger partial charge in [-0.25, -0.2) is 0 Å². The number of fused-ring (bicyclic) bond motifs is 1. The number of rotatable bonds is 5. The average molecular weight is 279 g/mol. The van der Waals surface area contributed by atoms with Gasteiger partial charge in [-0.2, -0.15) is 0 Å². The second-order valence-electron chi connectivity index (χ2n) is 5.49. The normalized spacial score (nSPS) is 12.7. The second kappa shape index (κ2) is 6.10. The molecule has 0 radical (unpaired) electrons. The number of hydrogen-bond acceptors (Lipinski definition) is 2. The summed E-state index contributed by atoms with van der Waals surface area (Å²) in [5.74, 6) is 0. The Morgan fingerprint density at radius 2 is 2.00 bits per heavy atom. The monoisotopic (exact) mass is 279 g/mol. The Hall–Kier alpha value is -2.13. The first-order valence-electron chi connectivity index (χ1n) is 7.50. The number of nitrogens with zero attached hydrogens (tertiary/aromatic N) is 2. The van der Waals surface area contributed by atoms with Crippen LogP contribution in [0.15, 0.2) is 54.9 Å². The first-order chi connectivity index (χ1) is 10.3. The van der Waals surface area contributed by atoms with Gasteiger partial charge in [0.15, 0.2) is 0 Å². The number of aromatic nitrogens is 2. The molecule has 0 amide bonds. The summed E-state index contributed by atoms with van der Waals surface area (Å²) < 4.78 is 2.29. The molecule has 0 saturated heterocycles. The largest absolute Gasteiger partial charge is 0.347 e. The van der Waals surface area contributed by atoms with Crippen molar-refractivity contribution < 1.29 is 0 Å². The Labute approximate surface area is 125 Å². The molecular formula is C18H21N3. The van der Waals surface area contributed by atoms with E-state index in [9.17, 15) is 0 Å². The molecule has 2 N–H and O–H groups in total. The molecule has 3 nitrogen and oxygen atoms in total. The van der Waals surface area contributed by atoms with Gasteiger partial charge in [0.05, 0.1) is 5.52 Å². The van der Waals surface area contributed by atoms with Crippen LogP contribution in [0.3, 0.4) is 0 Å². The predicted molar refractivity (Wildman–Crippen MR) is 87.2 cm³/mol. The number of benzene rings is 1. The summed E-state index contributed by atoms with van der Waals surface area (Å²) in [4.78, 5) is 4.43. The molecule has 1 atom stereocenters. The quantitative estimate of drug-likeness (QED) is 0.778. The second-order valence-corrected chi connectivity index (χ2v) is 5.49. The van der Waals surface area contributed by atoms with Gasteiger partial charge in [-0.1, -0.05) is 25.1 Å². The highest BCUT2D eigenvalue weighted by Crippen LogP contribution is 2.18. The van der Waals surface area contributed by atoms with Crippen LogP contribution in [0.5, 0.6) is 0 Å². The van der Waals surface area contributed by atoms with Crippen LogP contribution in [0, 0.1) is 0 Å². The maximum atomic E-state index is 6.09. The lowest BCUT2D eigenvalue weighted by Gasteiger charge is -2.14. The summed E-state index contributed by atoms with van der Waals surface area (Å²) in [6.45, 7) is 3.00. The Balaban J connectivity index is 1.91. The molecule has 1 aromatic carbocycles. The molecule has 3 aromatic rings. The topological polar surface area (TPSA) is 43.8 Å². The predicted octanol–water partition coefficient (Wildman–Crippen LogP) is 3.36. The van der Waals surface area contributed by atoms with E-state index in [-0.39, 0.29) is 6.04 Å². The van der Waals surface area contributed by atoms with Crippen LogP contribution in [-0.4, -0.2) is 15.6 Å². The molecule has 0 aliphatic heterocycles. The summed E-state index contributed by atoms with van der Waals surface area (Å²) in [6.07, 6.45) is 5.95. The van der Waals surface area contributed by atoms with E-state index in [4.69, 9.17) is 5.73 Å². The van der Waals surface area contributed by atoms with E-state index in [1.807, 2.05) is 12.3 Å². The highest BCUT2D eigenvalue weighted by atomic mass is 15.0. The van der Waals surface area contributed by atoms with E-state index < -0.39 is 0 Å². The molecule has 0 aliphatic carbocycles. The van der Waals surface area contributed by atoms with Crippen molar-refractivity contribution in [3.63, 3.8) is 0 Å². The molecule has 2 aromatic heterocycles. The van der Waals surface area contributed by atoms with Gasteiger partial charge in [0.1, 0.15) is 0 Å². The molecule has 21 heavy (non-hydrogen) atoms. The van der Waals surface area contributed by atoms with Crippen molar-refractivity contribution in [1.29, 1.82) is 0 Å². The Bertz CT molecular complexity index is 725. The summed E-state index contributed by atoms with van der Waals surface area (Å²) in [7, 11) is 0. The Morgan fingerprint density at radius 1 is 1.14 bits per heavy atom. The summed E-state index contributed by atoms with van der Waals surface area (Å²) >= 11 is 0. The van der Waals surface area contributed by atoms with Crippen LogP contribution >= 0.6 is 0 Å². The fraction of sp³-hybridized carbons (Fsp3) is 0.278. The molecule has 0 fully saturated rings. The molecule has 0 bridgehead atoms. The molecule has 0 spiro atoms. The number of pyridine rings is 1. The van der Waals surface area contributed by atoms with Crippen molar-refractivity contribution in [3.05, 3.63) is 66.1 Å². The maximum Gasteiger partial charge on any atom is 0.0705 e. The molecule has 1 unspecified atom stereocenters. The third kappa shape index (κ3) is 2.98. The third-order valence-electron chi connectivity index (χ3n) is 4.00. The van der Waals surface area contributed by atoms with Gasteiger partial charge in [-0.15, -0.1) is 0 Å². The molecule has 3 rings (SSSR count). The van der Waals surface area contributed by atoms with E-state index in [0.717, 1.165) is 24.9 Å². The lowest BCUT2D eigenvalue weighted by molar-refractivity contribution is 0.610. The van der Waals surface area contributed by atoms with Crippen molar-refractivity contribution in [2.24, 2.45) is 5.73 Å². The van der Waals surface area contributed by atoms with Gasteiger partial charge in [0.2, 0.25) is 0 Å². The summed E-state index contributed by atoms with van der Waals surface area (Å²) in [6, 6.07) is 14.9. The van der Waals surface area contributed by atoms with Crippen LogP contribution in [0.1, 0.15) is 24.6 Å². The van der Waals surface area contributed by atoms with E-state index >= 15 is 0 Å². The molecule has 2 heterocycles. The fourth-order valence-corrected chi connectivity index (χ4v) is 2.68. The van der Waals surface area contributed by atoms with Gasteiger partial charge in [-0.3, -0.25) is 4.98 Å². The SMILES string of the molecule is CCC(N)Cc1cccn1Cc1ccnc2ccccc12. The standard InChI is InChI=1S/C18H21N3/c1-2-15(19)12-16-6-5-11-21(16)13-14-9-10-20-18-8-4-3-7-17(14)18/h3-11,15H,2,12-13,19H2,1H3. The molecule has 108 valence electrons. The molecule has 0 aliphatic rings. The minimum atomic E-state index is 0.229. The third-order valence-corrected chi connectivity index (χ3v) is 4.00. The zero-order chi connectivity index (χ0) is 14.7. The first-order valence-corrected chi connectivity index (χ1v) is 7.50. The van der Waals surface area contributed by atoms with E-state index in [1.54, 1.807) is 0 Å². The van der Waals surface area contributed by atoms with Gasteiger partial charge < -0.3 is 10.3 Å². The minimum absolute atomic E-state index is 0.229. The summed E-state index contributed by atoms with van der Waals surface area (Å²) in [5.41, 5.74) is 9.73. The molecule has 3 heteroatoms. The van der Waals surface area contributed by atoms with Gasteiger partial charge in [-0.05, 0) is 36.2 Å². The minimum Gasteiger partial charge on any atom is -0.347 e. The van der Waals surface area contributed by atoms with E-state index in [2.05, 4.69) is 59.1 Å². The smallest absolute Gasteiger partial charge is 0.0705 e.